The first-order chi connectivity index (χ1) is 14.7. The van der Waals surface area contributed by atoms with Gasteiger partial charge in [0.05, 0.1) is 18.8 Å². The van der Waals surface area contributed by atoms with Gasteiger partial charge in [0, 0.05) is 30.4 Å². The Hall–Kier alpha value is -2.67. The Bertz CT molecular complexity index is 947. The van der Waals surface area contributed by atoms with Gasteiger partial charge in [-0.05, 0) is 51.3 Å². The number of carbonyl (C=O) groups is 1. The van der Waals surface area contributed by atoms with Gasteiger partial charge in [-0.2, -0.15) is 4.98 Å². The molecular formula is C24H33N5O2. The molecule has 166 valence electrons. The van der Waals surface area contributed by atoms with Crippen molar-refractivity contribution in [2.75, 3.05) is 23.3 Å². The van der Waals surface area contributed by atoms with Gasteiger partial charge in [0.25, 0.3) is 5.91 Å². The average Bonchev–Trinajstić information content (AvgIpc) is 3.05. The van der Waals surface area contributed by atoms with Crippen LogP contribution in [0.5, 0.6) is 0 Å². The number of nitrogens with one attached hydrogen (secondary N) is 1. The van der Waals surface area contributed by atoms with E-state index < -0.39 is 0 Å². The van der Waals surface area contributed by atoms with E-state index in [1.165, 1.54) is 5.56 Å². The molecule has 1 aromatic heterocycles. The van der Waals surface area contributed by atoms with Crippen molar-refractivity contribution in [3.8, 4) is 0 Å². The Balaban J connectivity index is 1.72. The molecule has 0 unspecified atom stereocenters. The van der Waals surface area contributed by atoms with Crippen molar-refractivity contribution in [3.05, 3.63) is 41.1 Å². The molecule has 0 aliphatic carbocycles. The molecule has 1 saturated heterocycles. The maximum absolute atomic E-state index is 13.1. The van der Waals surface area contributed by atoms with Crippen LogP contribution in [0.15, 0.2) is 24.3 Å². The van der Waals surface area contributed by atoms with E-state index in [9.17, 15) is 4.79 Å². The molecule has 7 nitrogen and oxygen atoms in total. The van der Waals surface area contributed by atoms with E-state index in [4.69, 9.17) is 14.7 Å². The molecule has 2 aliphatic rings. The Morgan fingerprint density at radius 1 is 1.03 bits per heavy atom. The molecule has 1 aromatic carbocycles. The van der Waals surface area contributed by atoms with E-state index in [0.29, 0.717) is 43.0 Å². The zero-order valence-corrected chi connectivity index (χ0v) is 19.3. The fourth-order valence-corrected chi connectivity index (χ4v) is 4.27. The minimum Gasteiger partial charge on any atom is -0.372 e. The molecule has 1 N–H and O–H groups in total. The number of ether oxygens (including phenoxy) is 1. The minimum absolute atomic E-state index is 0.0267. The lowest BCUT2D eigenvalue weighted by Crippen LogP contribution is -2.46. The summed E-state index contributed by atoms with van der Waals surface area (Å²) in [5, 5.41) is 3.46. The predicted molar refractivity (Wildman–Crippen MR) is 123 cm³/mol. The summed E-state index contributed by atoms with van der Waals surface area (Å²) in [5.41, 5.74) is 3.61. The maximum atomic E-state index is 13.1. The molecule has 2 atom stereocenters. The second-order valence-corrected chi connectivity index (χ2v) is 9.29. The van der Waals surface area contributed by atoms with E-state index in [-0.39, 0.29) is 24.2 Å². The topological polar surface area (TPSA) is 70.6 Å². The molecule has 31 heavy (non-hydrogen) atoms. The van der Waals surface area contributed by atoms with Crippen LogP contribution in [-0.2, 0) is 11.3 Å². The fraction of sp³-hybridized carbons (Fsp3) is 0.542. The van der Waals surface area contributed by atoms with Crippen LogP contribution in [0.2, 0.25) is 0 Å². The van der Waals surface area contributed by atoms with Gasteiger partial charge in [-0.25, -0.2) is 4.98 Å². The number of anilines is 3. The SMILES string of the molecule is CC(C)c1ccc(Nc2nc(N3C[C@@H](C)O[C@@H](C)C3)nc3c2CN(C(C)C)C3=O)cc1. The summed E-state index contributed by atoms with van der Waals surface area (Å²) in [6.07, 6.45) is 0.173. The highest BCUT2D eigenvalue weighted by molar-refractivity contribution is 5.98. The first kappa shape index (κ1) is 21.6. The van der Waals surface area contributed by atoms with Gasteiger partial charge in [0.1, 0.15) is 11.5 Å². The summed E-state index contributed by atoms with van der Waals surface area (Å²) in [6, 6.07) is 8.50. The number of hydrogen-bond donors (Lipinski definition) is 1. The van der Waals surface area contributed by atoms with Crippen molar-refractivity contribution in [1.29, 1.82) is 0 Å². The molecule has 7 heteroatoms. The molecule has 0 spiro atoms. The summed E-state index contributed by atoms with van der Waals surface area (Å²) in [4.78, 5) is 26.7. The van der Waals surface area contributed by atoms with Crippen LogP contribution in [-0.4, -0.2) is 52.1 Å². The summed E-state index contributed by atoms with van der Waals surface area (Å²) in [7, 11) is 0. The summed E-state index contributed by atoms with van der Waals surface area (Å²) in [5.74, 6) is 1.74. The third kappa shape index (κ3) is 4.37. The van der Waals surface area contributed by atoms with E-state index >= 15 is 0 Å². The van der Waals surface area contributed by atoms with Crippen LogP contribution in [0, 0.1) is 0 Å². The van der Waals surface area contributed by atoms with Crippen molar-refractivity contribution in [3.63, 3.8) is 0 Å². The Kier molecular flexibility index (Phi) is 5.88. The highest BCUT2D eigenvalue weighted by atomic mass is 16.5. The molecular weight excluding hydrogens is 390 g/mol. The highest BCUT2D eigenvalue weighted by Gasteiger charge is 2.35. The van der Waals surface area contributed by atoms with E-state index in [1.54, 1.807) is 0 Å². The van der Waals surface area contributed by atoms with Gasteiger partial charge < -0.3 is 19.9 Å². The lowest BCUT2D eigenvalue weighted by molar-refractivity contribution is -0.00571. The normalized spacial score (nSPS) is 21.2. The van der Waals surface area contributed by atoms with E-state index in [1.807, 2.05) is 18.7 Å². The molecule has 1 fully saturated rings. The monoisotopic (exact) mass is 423 g/mol. The van der Waals surface area contributed by atoms with Gasteiger partial charge in [0.15, 0.2) is 0 Å². The van der Waals surface area contributed by atoms with Gasteiger partial charge in [-0.3, -0.25) is 4.79 Å². The Labute approximate surface area is 184 Å². The van der Waals surface area contributed by atoms with Crippen LogP contribution >= 0.6 is 0 Å². The van der Waals surface area contributed by atoms with Crippen molar-refractivity contribution in [2.24, 2.45) is 0 Å². The van der Waals surface area contributed by atoms with Gasteiger partial charge in [-0.15, -0.1) is 0 Å². The van der Waals surface area contributed by atoms with Crippen molar-refractivity contribution in [2.45, 2.75) is 72.3 Å². The third-order valence-corrected chi connectivity index (χ3v) is 5.95. The lowest BCUT2D eigenvalue weighted by Gasteiger charge is -2.35. The molecule has 4 rings (SSSR count). The number of amides is 1. The molecule has 3 heterocycles. The standard InChI is InChI=1S/C24H33N5O2/c1-14(2)18-7-9-19(10-8-18)25-22-20-13-29(15(3)4)23(30)21(20)26-24(27-22)28-11-16(5)31-17(6)12-28/h7-10,14-17H,11-13H2,1-6H3,(H,25,26,27)/t16-,17+. The Morgan fingerprint density at radius 3 is 2.26 bits per heavy atom. The number of morpholine rings is 1. The van der Waals surface area contributed by atoms with Gasteiger partial charge in [-0.1, -0.05) is 26.0 Å². The smallest absolute Gasteiger partial charge is 0.273 e. The second-order valence-electron chi connectivity index (χ2n) is 9.29. The molecule has 1 amide bonds. The fourth-order valence-electron chi connectivity index (χ4n) is 4.27. The summed E-state index contributed by atoms with van der Waals surface area (Å²) < 4.78 is 5.87. The zero-order valence-electron chi connectivity index (χ0n) is 19.3. The highest BCUT2D eigenvalue weighted by Crippen LogP contribution is 2.33. The maximum Gasteiger partial charge on any atom is 0.273 e. The number of rotatable bonds is 5. The quantitative estimate of drug-likeness (QED) is 0.772. The second kappa shape index (κ2) is 8.46. The van der Waals surface area contributed by atoms with Crippen LogP contribution in [0.25, 0.3) is 0 Å². The van der Waals surface area contributed by atoms with Crippen LogP contribution in [0.1, 0.15) is 69.1 Å². The molecule has 2 aromatic rings. The lowest BCUT2D eigenvalue weighted by atomic mass is 10.0. The first-order valence-corrected chi connectivity index (χ1v) is 11.2. The number of benzene rings is 1. The predicted octanol–water partition coefficient (Wildman–Crippen LogP) is 4.32. The summed E-state index contributed by atoms with van der Waals surface area (Å²) >= 11 is 0. The molecule has 0 radical (unpaired) electrons. The molecule has 0 bridgehead atoms. The number of aromatic nitrogens is 2. The zero-order chi connectivity index (χ0) is 22.3. The average molecular weight is 424 g/mol. The van der Waals surface area contributed by atoms with E-state index in [2.05, 4.69) is 62.2 Å². The van der Waals surface area contributed by atoms with Crippen molar-refractivity contribution >= 4 is 23.4 Å². The van der Waals surface area contributed by atoms with Crippen LogP contribution in [0.4, 0.5) is 17.5 Å². The van der Waals surface area contributed by atoms with Crippen LogP contribution < -0.4 is 10.2 Å². The number of carbonyl (C=O) groups excluding carboxylic acids is 1. The largest absolute Gasteiger partial charge is 0.372 e. The number of fused-ring (bicyclic) bond motifs is 1. The van der Waals surface area contributed by atoms with Crippen LogP contribution in [0.3, 0.4) is 0 Å². The Morgan fingerprint density at radius 2 is 1.68 bits per heavy atom. The minimum atomic E-state index is -0.0267. The molecule has 0 saturated carbocycles. The third-order valence-electron chi connectivity index (χ3n) is 5.95. The molecule has 2 aliphatic heterocycles. The number of nitrogens with zero attached hydrogens (tertiary/aromatic N) is 4. The van der Waals surface area contributed by atoms with Gasteiger partial charge >= 0.3 is 0 Å². The first-order valence-electron chi connectivity index (χ1n) is 11.2. The van der Waals surface area contributed by atoms with Crippen molar-refractivity contribution < 1.29 is 9.53 Å². The van der Waals surface area contributed by atoms with Gasteiger partial charge in [0.2, 0.25) is 5.95 Å². The van der Waals surface area contributed by atoms with Crippen molar-refractivity contribution in [1.82, 2.24) is 14.9 Å². The van der Waals surface area contributed by atoms with E-state index in [0.717, 1.165) is 11.3 Å². The number of hydrogen-bond acceptors (Lipinski definition) is 6. The summed E-state index contributed by atoms with van der Waals surface area (Å²) in [6.45, 7) is 14.5.